The van der Waals surface area contributed by atoms with Crippen LogP contribution in [0.5, 0.6) is 11.8 Å². The van der Waals surface area contributed by atoms with Crippen LogP contribution in [-0.2, 0) is 28.5 Å². The molecule has 226 valence electrons. The minimum absolute atomic E-state index is 0.0196. The van der Waals surface area contributed by atoms with Gasteiger partial charge in [-0.15, -0.1) is 4.73 Å². The molecule has 3 rings (SSSR count). The van der Waals surface area contributed by atoms with E-state index in [1.54, 1.807) is 0 Å². The first-order chi connectivity index (χ1) is 19.4. The van der Waals surface area contributed by atoms with E-state index in [1.165, 1.54) is 12.1 Å². The number of hydrogen-bond donors (Lipinski definition) is 5. The lowest BCUT2D eigenvalue weighted by atomic mass is 10.0. The second-order valence-electron chi connectivity index (χ2n) is 9.22. The number of urea groups is 1. The summed E-state index contributed by atoms with van der Waals surface area (Å²) in [5.74, 6) is -0.457. The van der Waals surface area contributed by atoms with Crippen molar-refractivity contribution in [2.45, 2.75) is 49.4 Å². The van der Waals surface area contributed by atoms with Gasteiger partial charge in [-0.2, -0.15) is 11.8 Å². The Bertz CT molecular complexity index is 914. The summed E-state index contributed by atoms with van der Waals surface area (Å²) in [5.41, 5.74) is 0. The standard InChI is InChI=1S/C25H40N4O10S/c30-20(4-2-1-3-19-24-18(17-40-19)27-25(34)28-24)26-8-10-36-12-14-38-16-15-37-13-11-35-9-7-23(33)39-29-21(31)5-6-22(29)32/h5-6,18-19,24,31-32H,1-4,7-17H2,(H,26,30)(H2,27,28,34)/t18-,19-,24-/m0/s1. The third-order valence-corrected chi connectivity index (χ3v) is 7.72. The van der Waals surface area contributed by atoms with Crippen LogP contribution in [0.3, 0.4) is 0 Å². The minimum Gasteiger partial charge on any atom is -0.492 e. The van der Waals surface area contributed by atoms with E-state index in [4.69, 9.17) is 23.8 Å². The van der Waals surface area contributed by atoms with Crippen molar-refractivity contribution in [3.05, 3.63) is 12.1 Å². The lowest BCUT2D eigenvalue weighted by Gasteiger charge is -2.16. The average molecular weight is 589 g/mol. The monoisotopic (exact) mass is 588 g/mol. The number of nitrogens with zero attached hydrogens (tertiary/aromatic N) is 1. The Hall–Kier alpha value is -2.72. The summed E-state index contributed by atoms with van der Waals surface area (Å²) in [6.45, 7) is 3.23. The van der Waals surface area contributed by atoms with E-state index in [9.17, 15) is 24.6 Å². The van der Waals surface area contributed by atoms with E-state index >= 15 is 0 Å². The van der Waals surface area contributed by atoms with Crippen LogP contribution in [0.1, 0.15) is 32.1 Å². The topological polar surface area (TPSA) is 179 Å². The highest BCUT2D eigenvalue weighted by Gasteiger charge is 2.42. The van der Waals surface area contributed by atoms with Crippen molar-refractivity contribution in [3.8, 4) is 11.8 Å². The first kappa shape index (κ1) is 31.8. The number of aromatic hydroxyl groups is 2. The van der Waals surface area contributed by atoms with Crippen molar-refractivity contribution in [1.82, 2.24) is 20.7 Å². The van der Waals surface area contributed by atoms with Gasteiger partial charge in [0.15, 0.2) is 0 Å². The molecule has 1 aromatic rings. The molecular formula is C25H40N4O10S. The predicted octanol–water partition coefficient (Wildman–Crippen LogP) is 0.153. The van der Waals surface area contributed by atoms with Gasteiger partial charge >= 0.3 is 12.0 Å². The quantitative estimate of drug-likeness (QED) is 0.0975. The number of nitrogens with one attached hydrogen (secondary N) is 3. The molecular weight excluding hydrogens is 548 g/mol. The van der Waals surface area contributed by atoms with Crippen molar-refractivity contribution < 1.29 is 48.4 Å². The highest BCUT2D eigenvalue weighted by molar-refractivity contribution is 8.00. The molecule has 40 heavy (non-hydrogen) atoms. The highest BCUT2D eigenvalue weighted by atomic mass is 32.2. The predicted molar refractivity (Wildman–Crippen MR) is 144 cm³/mol. The fraction of sp³-hybridized carbons (Fsp3) is 0.720. The number of rotatable bonds is 21. The van der Waals surface area contributed by atoms with Gasteiger partial charge in [0.05, 0.1) is 71.4 Å². The number of ether oxygens (including phenoxy) is 4. The van der Waals surface area contributed by atoms with Gasteiger partial charge in [0, 0.05) is 36.1 Å². The Labute approximate surface area is 237 Å². The van der Waals surface area contributed by atoms with E-state index in [1.807, 2.05) is 11.8 Å². The zero-order valence-corrected chi connectivity index (χ0v) is 23.3. The van der Waals surface area contributed by atoms with Crippen molar-refractivity contribution in [1.29, 1.82) is 0 Å². The zero-order valence-electron chi connectivity index (χ0n) is 22.5. The number of aromatic nitrogens is 1. The summed E-state index contributed by atoms with van der Waals surface area (Å²) >= 11 is 1.89. The molecule has 2 aliphatic heterocycles. The highest BCUT2D eigenvalue weighted by Crippen LogP contribution is 2.33. The molecule has 14 nitrogen and oxygen atoms in total. The largest absolute Gasteiger partial charge is 0.492 e. The van der Waals surface area contributed by atoms with Crippen molar-refractivity contribution in [2.75, 3.05) is 65.2 Å². The maximum absolute atomic E-state index is 12.0. The number of unbranched alkanes of at least 4 members (excludes halogenated alkanes) is 1. The summed E-state index contributed by atoms with van der Waals surface area (Å²) in [7, 11) is 0. The molecule has 0 aromatic carbocycles. The number of carbonyl (C=O) groups is 3. The first-order valence-electron chi connectivity index (χ1n) is 13.5. The third-order valence-electron chi connectivity index (χ3n) is 6.21. The number of amides is 3. The average Bonchev–Trinajstić information content (AvgIpc) is 3.58. The van der Waals surface area contributed by atoms with Crippen LogP contribution in [0.2, 0.25) is 0 Å². The van der Waals surface area contributed by atoms with Crippen molar-refractivity contribution >= 4 is 29.7 Å². The Morgan fingerprint density at radius 1 is 0.900 bits per heavy atom. The van der Waals surface area contributed by atoms with Gasteiger partial charge in [-0.05, 0) is 12.8 Å². The van der Waals surface area contributed by atoms with Crippen LogP contribution >= 0.6 is 11.8 Å². The maximum Gasteiger partial charge on any atom is 0.335 e. The summed E-state index contributed by atoms with van der Waals surface area (Å²) in [6, 6.07) is 2.77. The normalized spacial score (nSPS) is 19.7. The van der Waals surface area contributed by atoms with Gasteiger partial charge in [-0.25, -0.2) is 9.59 Å². The van der Waals surface area contributed by atoms with Gasteiger partial charge < -0.3 is 49.9 Å². The molecule has 0 unspecified atom stereocenters. The molecule has 2 saturated heterocycles. The molecule has 3 heterocycles. The molecule has 0 radical (unpaired) electrons. The Morgan fingerprint density at radius 3 is 2.20 bits per heavy atom. The summed E-state index contributed by atoms with van der Waals surface area (Å²) < 4.78 is 22.2. The zero-order chi connectivity index (χ0) is 28.6. The van der Waals surface area contributed by atoms with Gasteiger partial charge in [0.2, 0.25) is 17.7 Å². The molecule has 5 N–H and O–H groups in total. The second kappa shape index (κ2) is 17.9. The molecule has 1 aromatic heterocycles. The number of thioether (sulfide) groups is 1. The molecule has 0 bridgehead atoms. The van der Waals surface area contributed by atoms with E-state index < -0.39 is 5.97 Å². The summed E-state index contributed by atoms with van der Waals surface area (Å²) in [5, 5.41) is 28.0. The molecule has 0 saturated carbocycles. The van der Waals surface area contributed by atoms with E-state index in [0.717, 1.165) is 25.0 Å². The lowest BCUT2D eigenvalue weighted by molar-refractivity contribution is -0.146. The number of fused-ring (bicyclic) bond motifs is 1. The van der Waals surface area contributed by atoms with Crippen LogP contribution < -0.4 is 20.8 Å². The van der Waals surface area contributed by atoms with E-state index in [0.29, 0.717) is 69.2 Å². The Kier molecular flexibility index (Phi) is 14.2. The molecule has 3 amide bonds. The maximum atomic E-state index is 12.0. The van der Waals surface area contributed by atoms with Gasteiger partial charge in [0.1, 0.15) is 0 Å². The fourth-order valence-corrected chi connectivity index (χ4v) is 5.73. The second-order valence-corrected chi connectivity index (χ2v) is 10.5. The summed E-state index contributed by atoms with van der Waals surface area (Å²) in [6.07, 6.45) is 3.22. The van der Waals surface area contributed by atoms with Crippen LogP contribution in [-0.4, -0.2) is 115 Å². The van der Waals surface area contributed by atoms with Crippen molar-refractivity contribution in [2.24, 2.45) is 0 Å². The molecule has 15 heteroatoms. The summed E-state index contributed by atoms with van der Waals surface area (Å²) in [4.78, 5) is 39.8. The smallest absolute Gasteiger partial charge is 0.335 e. The SMILES string of the molecule is O=C(CCCC[C@@H]1SC[C@@H]2NC(=O)N[C@@H]21)NCCOCCOCCOCCOCCC(=O)On1c(O)ccc1O. The molecule has 3 atom stereocenters. The van der Waals surface area contributed by atoms with Gasteiger partial charge in [-0.3, -0.25) is 4.79 Å². The van der Waals surface area contributed by atoms with Gasteiger partial charge in [-0.1, -0.05) is 6.42 Å². The molecule has 0 aliphatic carbocycles. The molecule has 2 fully saturated rings. The number of carbonyl (C=O) groups excluding carboxylic acids is 3. The van der Waals surface area contributed by atoms with Crippen LogP contribution in [0.25, 0.3) is 0 Å². The Balaban J connectivity index is 1.01. The third kappa shape index (κ3) is 11.4. The first-order valence-corrected chi connectivity index (χ1v) is 14.6. The lowest BCUT2D eigenvalue weighted by Crippen LogP contribution is -2.36. The fourth-order valence-electron chi connectivity index (χ4n) is 4.19. The molecule has 0 spiro atoms. The molecule has 2 aliphatic rings. The van der Waals surface area contributed by atoms with Crippen LogP contribution in [0.4, 0.5) is 4.79 Å². The van der Waals surface area contributed by atoms with Crippen LogP contribution in [0, 0.1) is 0 Å². The van der Waals surface area contributed by atoms with Crippen molar-refractivity contribution in [3.63, 3.8) is 0 Å². The van der Waals surface area contributed by atoms with Crippen LogP contribution in [0.15, 0.2) is 12.1 Å². The minimum atomic E-state index is -0.663. The Morgan fingerprint density at radius 2 is 1.52 bits per heavy atom. The van der Waals surface area contributed by atoms with E-state index in [2.05, 4.69) is 16.0 Å². The number of hydrogen-bond acceptors (Lipinski definition) is 11. The van der Waals surface area contributed by atoms with Gasteiger partial charge in [0.25, 0.3) is 0 Å². The van der Waals surface area contributed by atoms with E-state index in [-0.39, 0.29) is 48.8 Å².